The lowest BCUT2D eigenvalue weighted by Crippen LogP contribution is -2.52. The van der Waals surface area contributed by atoms with Crippen molar-refractivity contribution in [1.29, 1.82) is 0 Å². The summed E-state index contributed by atoms with van der Waals surface area (Å²) >= 11 is 0. The first kappa shape index (κ1) is 19.3. The molecule has 2 aromatic heterocycles. The van der Waals surface area contributed by atoms with E-state index in [1.54, 1.807) is 23.0 Å². The molecule has 0 radical (unpaired) electrons. The summed E-state index contributed by atoms with van der Waals surface area (Å²) in [6.45, 7) is 0.279. The quantitative estimate of drug-likeness (QED) is 0.491. The molecule has 2 aliphatic rings. The van der Waals surface area contributed by atoms with Gasteiger partial charge in [-0.3, -0.25) is 24.7 Å². The molecule has 1 N–H and O–H groups in total. The van der Waals surface area contributed by atoms with Gasteiger partial charge >= 0.3 is 0 Å². The number of para-hydroxylation sites is 1. The molecule has 162 valence electrons. The number of aromatic nitrogens is 4. The van der Waals surface area contributed by atoms with Crippen molar-refractivity contribution >= 4 is 28.6 Å². The molecule has 6 rings (SSSR count). The third-order valence-corrected chi connectivity index (χ3v) is 6.22. The highest BCUT2D eigenvalue weighted by atomic mass is 16.2. The Morgan fingerprint density at radius 1 is 0.970 bits per heavy atom. The lowest BCUT2D eigenvalue weighted by Gasteiger charge is -2.29. The number of carbonyl (C=O) groups is 3. The van der Waals surface area contributed by atoms with Crippen molar-refractivity contribution in [2.45, 2.75) is 25.4 Å². The number of amides is 3. The fourth-order valence-corrected chi connectivity index (χ4v) is 4.61. The molecule has 9 heteroatoms. The Bertz CT molecular complexity index is 1450. The van der Waals surface area contributed by atoms with Gasteiger partial charge in [0.2, 0.25) is 11.8 Å². The molecule has 2 aliphatic heterocycles. The first-order valence-corrected chi connectivity index (χ1v) is 10.6. The molecule has 0 spiro atoms. The van der Waals surface area contributed by atoms with E-state index in [0.717, 1.165) is 27.7 Å². The first-order valence-electron chi connectivity index (χ1n) is 10.6. The maximum absolute atomic E-state index is 13.1. The van der Waals surface area contributed by atoms with E-state index in [9.17, 15) is 14.4 Å². The Morgan fingerprint density at radius 3 is 2.70 bits per heavy atom. The zero-order chi connectivity index (χ0) is 22.5. The maximum atomic E-state index is 13.1. The number of fused-ring (bicyclic) bond motifs is 2. The van der Waals surface area contributed by atoms with Gasteiger partial charge in [-0.05, 0) is 30.2 Å². The molecule has 1 fully saturated rings. The fourth-order valence-electron chi connectivity index (χ4n) is 4.61. The number of hydrogen-bond donors (Lipinski definition) is 1. The molecule has 1 atom stereocenters. The van der Waals surface area contributed by atoms with Gasteiger partial charge in [0, 0.05) is 35.7 Å². The minimum Gasteiger partial charge on any atom is -0.322 e. The summed E-state index contributed by atoms with van der Waals surface area (Å²) in [6, 6.07) is 14.5. The van der Waals surface area contributed by atoms with Crippen molar-refractivity contribution in [3.8, 4) is 16.9 Å². The molecule has 33 heavy (non-hydrogen) atoms. The second-order valence-electron chi connectivity index (χ2n) is 8.13. The van der Waals surface area contributed by atoms with Crippen molar-refractivity contribution in [2.24, 2.45) is 0 Å². The second-order valence-corrected chi connectivity index (χ2v) is 8.13. The summed E-state index contributed by atoms with van der Waals surface area (Å²) in [5.74, 6) is -0.945. The van der Waals surface area contributed by atoms with Gasteiger partial charge in [-0.25, -0.2) is 4.68 Å². The average Bonchev–Trinajstić information content (AvgIpc) is 3.44. The monoisotopic (exact) mass is 438 g/mol. The molecule has 1 saturated heterocycles. The predicted octanol–water partition coefficient (Wildman–Crippen LogP) is 2.24. The minimum atomic E-state index is -0.658. The van der Waals surface area contributed by atoms with Crippen molar-refractivity contribution in [2.75, 3.05) is 0 Å². The Balaban J connectivity index is 1.37. The third-order valence-electron chi connectivity index (χ3n) is 6.22. The van der Waals surface area contributed by atoms with Crippen LogP contribution in [0.1, 0.15) is 28.8 Å². The number of rotatable bonds is 3. The fraction of sp³-hybridized carbons (Fsp3) is 0.167. The third kappa shape index (κ3) is 3.08. The highest BCUT2D eigenvalue weighted by Gasteiger charge is 2.40. The zero-order valence-corrected chi connectivity index (χ0v) is 17.4. The molecule has 2 aromatic carbocycles. The summed E-state index contributed by atoms with van der Waals surface area (Å²) in [6.07, 6.45) is 4.11. The van der Waals surface area contributed by atoms with Crippen LogP contribution in [0.25, 0.3) is 27.8 Å². The predicted molar refractivity (Wildman–Crippen MR) is 118 cm³/mol. The lowest BCUT2D eigenvalue weighted by molar-refractivity contribution is -0.136. The van der Waals surface area contributed by atoms with Crippen molar-refractivity contribution < 1.29 is 14.4 Å². The minimum absolute atomic E-state index is 0.214. The van der Waals surface area contributed by atoms with Crippen molar-refractivity contribution in [3.05, 3.63) is 72.1 Å². The van der Waals surface area contributed by atoms with Crippen LogP contribution in [0.5, 0.6) is 0 Å². The van der Waals surface area contributed by atoms with Crippen LogP contribution in [-0.4, -0.2) is 48.6 Å². The average molecular weight is 438 g/mol. The van der Waals surface area contributed by atoms with Gasteiger partial charge in [-0.1, -0.05) is 35.5 Å². The largest absolute Gasteiger partial charge is 0.322 e. The summed E-state index contributed by atoms with van der Waals surface area (Å²) in [5, 5.41) is 12.0. The number of hydrogen-bond acceptors (Lipinski definition) is 6. The smallest absolute Gasteiger partial charge is 0.255 e. The Labute approximate surface area is 188 Å². The lowest BCUT2D eigenvalue weighted by atomic mass is 10.0. The molecule has 0 bridgehead atoms. The van der Waals surface area contributed by atoms with Crippen LogP contribution in [-0.2, 0) is 16.1 Å². The molecule has 9 nitrogen and oxygen atoms in total. The molecule has 3 amide bonds. The number of benzene rings is 2. The molecule has 1 unspecified atom stereocenters. The highest BCUT2D eigenvalue weighted by molar-refractivity contribution is 6.06. The van der Waals surface area contributed by atoms with Gasteiger partial charge in [0.15, 0.2) is 0 Å². The summed E-state index contributed by atoms with van der Waals surface area (Å²) < 4.78 is 1.70. The summed E-state index contributed by atoms with van der Waals surface area (Å²) in [4.78, 5) is 42.9. The number of nitrogens with zero attached hydrogens (tertiary/aromatic N) is 5. The first-order chi connectivity index (χ1) is 16.1. The molecule has 0 aliphatic carbocycles. The van der Waals surface area contributed by atoms with Gasteiger partial charge in [0.05, 0.1) is 17.4 Å². The topological polar surface area (TPSA) is 110 Å². The number of piperidine rings is 1. The highest BCUT2D eigenvalue weighted by Crippen LogP contribution is 2.34. The molecular formula is C24H18N6O3. The van der Waals surface area contributed by atoms with Gasteiger partial charge in [0.25, 0.3) is 5.91 Å². The standard InChI is InChI=1S/C24H18N6O3/c31-22-9-8-21(23(32)26-22)29-12-17-14(5-3-6-15(17)24(29)33)19-13-30(28-27-19)20-10-11-25-18-7-2-1-4-16(18)20/h1-7,10-11,13,21H,8-9,12H2,(H,26,31,32). The normalized spacial score (nSPS) is 18.0. The van der Waals surface area contributed by atoms with Gasteiger partial charge in [-0.2, -0.15) is 0 Å². The van der Waals surface area contributed by atoms with E-state index < -0.39 is 11.9 Å². The van der Waals surface area contributed by atoms with Crippen LogP contribution in [0, 0.1) is 0 Å². The second kappa shape index (κ2) is 7.33. The van der Waals surface area contributed by atoms with E-state index in [-0.39, 0.29) is 24.8 Å². The Hall–Kier alpha value is -4.40. The van der Waals surface area contributed by atoms with Gasteiger partial charge < -0.3 is 4.90 Å². The van der Waals surface area contributed by atoms with E-state index in [1.165, 1.54) is 4.90 Å². The molecule has 4 heterocycles. The summed E-state index contributed by atoms with van der Waals surface area (Å²) in [5.41, 5.74) is 4.48. The van der Waals surface area contributed by atoms with E-state index in [2.05, 4.69) is 20.6 Å². The van der Waals surface area contributed by atoms with Crippen molar-refractivity contribution in [1.82, 2.24) is 30.2 Å². The number of carbonyl (C=O) groups excluding carboxylic acids is 3. The number of pyridine rings is 1. The Morgan fingerprint density at radius 2 is 1.82 bits per heavy atom. The molecule has 4 aromatic rings. The van der Waals surface area contributed by atoms with Gasteiger partial charge in [0.1, 0.15) is 11.7 Å². The van der Waals surface area contributed by atoms with Gasteiger partial charge in [-0.15, -0.1) is 5.10 Å². The number of nitrogens with one attached hydrogen (secondary N) is 1. The maximum Gasteiger partial charge on any atom is 0.255 e. The summed E-state index contributed by atoms with van der Waals surface area (Å²) in [7, 11) is 0. The van der Waals surface area contributed by atoms with Crippen LogP contribution in [0.2, 0.25) is 0 Å². The molecular weight excluding hydrogens is 420 g/mol. The van der Waals surface area contributed by atoms with Crippen LogP contribution in [0.15, 0.2) is 60.9 Å². The van der Waals surface area contributed by atoms with Crippen LogP contribution in [0.3, 0.4) is 0 Å². The van der Waals surface area contributed by atoms with Crippen molar-refractivity contribution in [3.63, 3.8) is 0 Å². The van der Waals surface area contributed by atoms with Crippen LogP contribution >= 0.6 is 0 Å². The van der Waals surface area contributed by atoms with Crippen LogP contribution < -0.4 is 5.32 Å². The van der Waals surface area contributed by atoms with E-state index in [0.29, 0.717) is 17.7 Å². The molecule has 0 saturated carbocycles. The van der Waals surface area contributed by atoms with E-state index in [4.69, 9.17) is 0 Å². The zero-order valence-electron chi connectivity index (χ0n) is 17.4. The number of imide groups is 1. The SMILES string of the molecule is O=C1CCC(N2Cc3c(cccc3-c3cn(-c4ccnc5ccccc45)nn3)C2=O)C(=O)N1. The van der Waals surface area contributed by atoms with Crippen LogP contribution in [0.4, 0.5) is 0 Å². The van der Waals surface area contributed by atoms with E-state index >= 15 is 0 Å². The Kier molecular flexibility index (Phi) is 4.29. The van der Waals surface area contributed by atoms with E-state index in [1.807, 2.05) is 42.6 Å².